The third-order valence-corrected chi connectivity index (χ3v) is 4.12. The number of nitrogens with zero attached hydrogens (tertiary/aromatic N) is 3. The predicted molar refractivity (Wildman–Crippen MR) is 97.9 cm³/mol. The van der Waals surface area contributed by atoms with Gasteiger partial charge in [-0.25, -0.2) is 0 Å². The molecular formula is C18H22F3N5O3. The van der Waals surface area contributed by atoms with E-state index in [0.717, 1.165) is 12.2 Å². The van der Waals surface area contributed by atoms with Gasteiger partial charge in [-0.2, -0.15) is 13.2 Å². The molecule has 0 spiro atoms. The number of carbonyl (C=O) groups is 1. The quantitative estimate of drug-likeness (QED) is 0.757. The molecule has 3 rings (SSSR count). The van der Waals surface area contributed by atoms with Crippen LogP contribution in [0.1, 0.15) is 42.2 Å². The lowest BCUT2D eigenvalue weighted by molar-refractivity contribution is -0.154. The predicted octanol–water partition coefficient (Wildman–Crippen LogP) is 2.71. The van der Waals surface area contributed by atoms with Gasteiger partial charge >= 0.3 is 6.18 Å². The summed E-state index contributed by atoms with van der Waals surface area (Å²) < 4.78 is 48.7. The summed E-state index contributed by atoms with van der Waals surface area (Å²) in [6.07, 6.45) is -3.14. The van der Waals surface area contributed by atoms with E-state index >= 15 is 0 Å². The molecule has 2 aromatic rings. The van der Waals surface area contributed by atoms with Gasteiger partial charge in [-0.3, -0.25) is 14.5 Å². The Morgan fingerprint density at radius 1 is 1.45 bits per heavy atom. The van der Waals surface area contributed by atoms with Crippen molar-refractivity contribution in [3.8, 4) is 5.88 Å². The van der Waals surface area contributed by atoms with Crippen LogP contribution in [0.15, 0.2) is 24.4 Å². The first kappa shape index (κ1) is 21.1. The number of ether oxygens (including phenoxy) is 2. The zero-order valence-electron chi connectivity index (χ0n) is 16.0. The van der Waals surface area contributed by atoms with Crippen LogP contribution in [-0.4, -0.2) is 53.2 Å². The summed E-state index contributed by atoms with van der Waals surface area (Å²) in [7, 11) is 0. The summed E-state index contributed by atoms with van der Waals surface area (Å²) in [6.45, 7) is 4.09. The van der Waals surface area contributed by atoms with Crippen LogP contribution in [0.5, 0.6) is 5.88 Å². The van der Waals surface area contributed by atoms with E-state index in [2.05, 4.69) is 25.5 Å². The molecule has 11 heteroatoms. The second kappa shape index (κ2) is 8.78. The van der Waals surface area contributed by atoms with Crippen molar-refractivity contribution in [2.24, 2.45) is 0 Å². The molecular weight excluding hydrogens is 391 g/mol. The summed E-state index contributed by atoms with van der Waals surface area (Å²) in [5.41, 5.74) is 1.27. The highest BCUT2D eigenvalue weighted by Gasteiger charge is 2.29. The molecule has 158 valence electrons. The van der Waals surface area contributed by atoms with Gasteiger partial charge in [0.1, 0.15) is 11.8 Å². The second-order valence-corrected chi connectivity index (χ2v) is 6.80. The minimum absolute atomic E-state index is 0.0843. The summed E-state index contributed by atoms with van der Waals surface area (Å²) in [4.78, 5) is 16.9. The summed E-state index contributed by atoms with van der Waals surface area (Å²) >= 11 is 0. The van der Waals surface area contributed by atoms with Crippen LogP contribution in [0.3, 0.4) is 0 Å². The topological polar surface area (TPSA) is 90.3 Å². The zero-order valence-corrected chi connectivity index (χ0v) is 16.0. The number of hydrogen-bond acceptors (Lipinski definition) is 6. The molecule has 0 aliphatic carbocycles. The van der Waals surface area contributed by atoms with E-state index in [1.165, 1.54) is 16.9 Å². The van der Waals surface area contributed by atoms with Gasteiger partial charge in [0.25, 0.3) is 5.91 Å². The average Bonchev–Trinajstić information content (AvgIpc) is 3.12. The fourth-order valence-electron chi connectivity index (χ4n) is 2.78. The number of aromatic nitrogens is 3. The van der Waals surface area contributed by atoms with Crippen molar-refractivity contribution in [1.82, 2.24) is 20.1 Å². The molecule has 1 amide bonds. The van der Waals surface area contributed by atoms with Gasteiger partial charge in [-0.15, -0.1) is 5.10 Å². The van der Waals surface area contributed by atoms with Crippen LogP contribution < -0.4 is 15.4 Å². The molecule has 0 bridgehead atoms. The number of nitrogens with one attached hydrogen (secondary N) is 2. The van der Waals surface area contributed by atoms with E-state index < -0.39 is 18.7 Å². The highest BCUT2D eigenvalue weighted by Crippen LogP contribution is 2.22. The van der Waals surface area contributed by atoms with Crippen molar-refractivity contribution in [3.63, 3.8) is 0 Å². The highest BCUT2D eigenvalue weighted by molar-refractivity contribution is 6.03. The Balaban J connectivity index is 1.70. The van der Waals surface area contributed by atoms with Crippen LogP contribution in [-0.2, 0) is 4.74 Å². The number of amides is 1. The van der Waals surface area contributed by atoms with Gasteiger partial charge in [-0.1, -0.05) is 0 Å². The molecule has 0 unspecified atom stereocenters. The molecule has 2 N–H and O–H groups in total. The lowest BCUT2D eigenvalue weighted by Crippen LogP contribution is -2.33. The van der Waals surface area contributed by atoms with Crippen LogP contribution >= 0.6 is 0 Å². The van der Waals surface area contributed by atoms with Crippen molar-refractivity contribution in [3.05, 3.63) is 35.8 Å². The van der Waals surface area contributed by atoms with Gasteiger partial charge in [0.15, 0.2) is 6.61 Å². The fourth-order valence-corrected chi connectivity index (χ4v) is 2.78. The Morgan fingerprint density at radius 2 is 2.24 bits per heavy atom. The van der Waals surface area contributed by atoms with Crippen LogP contribution in [0, 0.1) is 0 Å². The lowest BCUT2D eigenvalue weighted by atomic mass is 10.2. The molecule has 1 atom stereocenters. The molecule has 1 aliphatic rings. The molecule has 0 radical (unpaired) electrons. The Kier molecular flexibility index (Phi) is 6.38. The second-order valence-electron chi connectivity index (χ2n) is 6.80. The third-order valence-electron chi connectivity index (χ3n) is 4.12. The first-order valence-electron chi connectivity index (χ1n) is 9.11. The number of anilines is 1. The Labute approximate surface area is 165 Å². The lowest BCUT2D eigenvalue weighted by Gasteiger charge is -2.23. The van der Waals surface area contributed by atoms with Crippen molar-refractivity contribution in [2.45, 2.75) is 32.2 Å². The molecule has 0 aromatic carbocycles. The van der Waals surface area contributed by atoms with Gasteiger partial charge in [0, 0.05) is 25.2 Å². The number of morpholine rings is 1. The molecule has 0 saturated carbocycles. The van der Waals surface area contributed by atoms with Crippen molar-refractivity contribution in [2.75, 3.05) is 31.6 Å². The number of carbonyl (C=O) groups excluding carboxylic acids is 1. The van der Waals surface area contributed by atoms with Crippen LogP contribution in [0.25, 0.3) is 0 Å². The third kappa shape index (κ3) is 5.67. The monoisotopic (exact) mass is 413 g/mol. The normalized spacial score (nSPS) is 17.4. The van der Waals surface area contributed by atoms with Crippen LogP contribution in [0.2, 0.25) is 0 Å². The maximum absolute atomic E-state index is 12.6. The molecule has 1 aliphatic heterocycles. The standard InChI is InChI=1S/C18H22F3N5O3/c1-11(2)26-14(7-16(25-26)29-10-18(19,20)21)17(27)24-12-3-4-13(23-8-12)15-9-22-5-6-28-15/h3-4,7-8,11,15,22H,5-6,9-10H2,1-2H3,(H,24,27)/t15-/m1/s1. The van der Waals surface area contributed by atoms with E-state index in [1.807, 2.05) is 0 Å². The average molecular weight is 413 g/mol. The first-order chi connectivity index (χ1) is 13.7. The maximum atomic E-state index is 12.6. The summed E-state index contributed by atoms with van der Waals surface area (Å²) in [5.74, 6) is -0.796. The Bertz CT molecular complexity index is 830. The minimum atomic E-state index is -4.49. The van der Waals surface area contributed by atoms with Gasteiger partial charge in [0.05, 0.1) is 24.2 Å². The molecule has 1 fully saturated rings. The SMILES string of the molecule is CC(C)n1nc(OCC(F)(F)F)cc1C(=O)Nc1ccc([C@H]2CNCCO2)nc1. The maximum Gasteiger partial charge on any atom is 0.422 e. The number of alkyl halides is 3. The van der Waals surface area contributed by atoms with E-state index in [4.69, 9.17) is 4.74 Å². The summed E-state index contributed by atoms with van der Waals surface area (Å²) in [6, 6.07) is 4.38. The van der Waals surface area contributed by atoms with Crippen LogP contribution in [0.4, 0.5) is 18.9 Å². The number of hydrogen-bond donors (Lipinski definition) is 2. The fraction of sp³-hybridized carbons (Fsp3) is 0.500. The van der Waals surface area contributed by atoms with Crippen molar-refractivity contribution >= 4 is 11.6 Å². The molecule has 3 heterocycles. The van der Waals surface area contributed by atoms with E-state index in [0.29, 0.717) is 18.8 Å². The van der Waals surface area contributed by atoms with Crippen molar-refractivity contribution < 1.29 is 27.4 Å². The number of rotatable bonds is 6. The molecule has 8 nitrogen and oxygen atoms in total. The van der Waals surface area contributed by atoms with E-state index in [-0.39, 0.29) is 23.7 Å². The first-order valence-corrected chi connectivity index (χ1v) is 9.11. The minimum Gasteiger partial charge on any atom is -0.467 e. The largest absolute Gasteiger partial charge is 0.467 e. The summed E-state index contributed by atoms with van der Waals surface area (Å²) in [5, 5.41) is 9.83. The van der Waals surface area contributed by atoms with E-state index in [9.17, 15) is 18.0 Å². The Morgan fingerprint density at radius 3 is 2.83 bits per heavy atom. The van der Waals surface area contributed by atoms with Gasteiger partial charge < -0.3 is 20.1 Å². The highest BCUT2D eigenvalue weighted by atomic mass is 19.4. The van der Waals surface area contributed by atoms with Gasteiger partial charge in [-0.05, 0) is 26.0 Å². The number of halogens is 3. The van der Waals surface area contributed by atoms with Gasteiger partial charge in [0.2, 0.25) is 5.88 Å². The Hall–Kier alpha value is -2.66. The number of pyridine rings is 1. The molecule has 1 saturated heterocycles. The smallest absolute Gasteiger partial charge is 0.422 e. The zero-order chi connectivity index (χ0) is 21.0. The molecule has 2 aromatic heterocycles. The van der Waals surface area contributed by atoms with E-state index in [1.54, 1.807) is 26.0 Å². The van der Waals surface area contributed by atoms with Crippen molar-refractivity contribution in [1.29, 1.82) is 0 Å². The molecule has 29 heavy (non-hydrogen) atoms.